The van der Waals surface area contributed by atoms with Gasteiger partial charge in [-0.25, -0.2) is 0 Å². The van der Waals surface area contributed by atoms with Gasteiger partial charge in [-0.2, -0.15) is 0 Å². The summed E-state index contributed by atoms with van der Waals surface area (Å²) in [7, 11) is -1.61. The van der Waals surface area contributed by atoms with E-state index in [0.717, 1.165) is 0 Å². The van der Waals surface area contributed by atoms with Crippen molar-refractivity contribution in [3.8, 4) is 0 Å². The molecule has 60 valence electrons. The molecule has 0 heterocycles. The van der Waals surface area contributed by atoms with Crippen molar-refractivity contribution in [2.75, 3.05) is 13.7 Å². The molecule has 0 saturated carbocycles. The van der Waals surface area contributed by atoms with Crippen molar-refractivity contribution in [2.45, 2.75) is 13.8 Å². The lowest BCUT2D eigenvalue weighted by Crippen LogP contribution is -1.92. The van der Waals surface area contributed by atoms with Gasteiger partial charge in [-0.15, -0.1) is 0 Å². The zero-order chi connectivity index (χ0) is 8.20. The Kier molecular flexibility index (Phi) is 3.87. The maximum absolute atomic E-state index is 11.3. The minimum atomic E-state index is -2.97. The lowest BCUT2D eigenvalue weighted by Gasteiger charge is -2.13. The Morgan fingerprint density at radius 2 is 2.20 bits per heavy atom. The molecule has 0 aliphatic rings. The minimum absolute atomic E-state index is 0.373. The molecule has 0 bridgehead atoms. The van der Waals surface area contributed by atoms with Crippen molar-refractivity contribution < 1.29 is 13.6 Å². The van der Waals surface area contributed by atoms with Gasteiger partial charge in [-0.3, -0.25) is 4.57 Å². The second-order valence-corrected chi connectivity index (χ2v) is 4.21. The number of hydrogen-bond donors (Lipinski definition) is 0. The van der Waals surface area contributed by atoms with Crippen LogP contribution in [0.4, 0.5) is 0 Å². The quantitative estimate of drug-likeness (QED) is 0.598. The highest BCUT2D eigenvalue weighted by Gasteiger charge is 2.22. The van der Waals surface area contributed by atoms with Crippen LogP contribution in [-0.2, 0) is 13.6 Å². The van der Waals surface area contributed by atoms with Crippen LogP contribution in [0.2, 0.25) is 0 Å². The Balaban J connectivity index is 4.25. The van der Waals surface area contributed by atoms with E-state index in [-0.39, 0.29) is 0 Å². The summed E-state index contributed by atoms with van der Waals surface area (Å²) >= 11 is 0. The van der Waals surface area contributed by atoms with E-state index in [1.807, 2.05) is 0 Å². The normalized spacial score (nSPS) is 16.3. The summed E-state index contributed by atoms with van der Waals surface area (Å²) in [5, 5.41) is 0.442. The molecule has 0 fully saturated rings. The molecule has 0 aliphatic carbocycles. The molecule has 0 amide bonds. The molecule has 0 saturated heterocycles. The van der Waals surface area contributed by atoms with Gasteiger partial charge in [0.15, 0.2) is 0 Å². The molecule has 0 aromatic heterocycles. The predicted octanol–water partition coefficient (Wildman–Crippen LogP) is 2.40. The van der Waals surface area contributed by atoms with Gasteiger partial charge in [0.05, 0.1) is 6.61 Å². The highest BCUT2D eigenvalue weighted by atomic mass is 31.2. The van der Waals surface area contributed by atoms with Crippen molar-refractivity contribution in [3.05, 3.63) is 11.9 Å². The number of allylic oxidation sites excluding steroid dienone is 1. The van der Waals surface area contributed by atoms with Crippen molar-refractivity contribution in [1.82, 2.24) is 0 Å². The minimum Gasteiger partial charge on any atom is -0.309 e. The first-order valence-corrected chi connectivity index (χ1v) is 4.57. The van der Waals surface area contributed by atoms with Crippen molar-refractivity contribution >= 4 is 7.60 Å². The fourth-order valence-electron chi connectivity index (χ4n) is 0.489. The van der Waals surface area contributed by atoms with Crippen LogP contribution in [0.3, 0.4) is 0 Å². The molecule has 0 aromatic carbocycles. The highest BCUT2D eigenvalue weighted by Crippen LogP contribution is 2.53. The van der Waals surface area contributed by atoms with Crippen molar-refractivity contribution in [3.63, 3.8) is 0 Å². The third-order valence-corrected chi connectivity index (χ3v) is 3.02. The van der Waals surface area contributed by atoms with Crippen LogP contribution in [-0.4, -0.2) is 13.7 Å². The Morgan fingerprint density at radius 1 is 1.70 bits per heavy atom. The van der Waals surface area contributed by atoms with Crippen LogP contribution in [0.25, 0.3) is 0 Å². The van der Waals surface area contributed by atoms with Crippen molar-refractivity contribution in [1.29, 1.82) is 0 Å². The average molecular weight is 164 g/mol. The Labute approximate surface area is 61.6 Å². The van der Waals surface area contributed by atoms with Crippen LogP contribution >= 0.6 is 7.60 Å². The summed E-state index contributed by atoms with van der Waals surface area (Å²) in [6, 6.07) is 0. The topological polar surface area (TPSA) is 35.5 Å². The zero-order valence-electron chi connectivity index (χ0n) is 6.59. The molecule has 0 radical (unpaired) electrons. The second kappa shape index (κ2) is 3.91. The monoisotopic (exact) mass is 164 g/mol. The predicted molar refractivity (Wildman–Crippen MR) is 41.1 cm³/mol. The third kappa shape index (κ3) is 2.25. The standard InChI is InChI=1S/C6H13O3P/c1-5-9-10(7,8-4)6(2)3/h2,5H2,1,3-4H3. The summed E-state index contributed by atoms with van der Waals surface area (Å²) < 4.78 is 20.9. The molecule has 0 N–H and O–H groups in total. The molecule has 10 heavy (non-hydrogen) atoms. The van der Waals surface area contributed by atoms with Gasteiger partial charge in [-0.05, 0) is 13.8 Å². The van der Waals surface area contributed by atoms with Gasteiger partial charge < -0.3 is 9.05 Å². The molecule has 3 nitrogen and oxygen atoms in total. The van der Waals surface area contributed by atoms with E-state index in [1.165, 1.54) is 7.11 Å². The van der Waals surface area contributed by atoms with Crippen LogP contribution < -0.4 is 0 Å². The smallest absolute Gasteiger partial charge is 0.309 e. The van der Waals surface area contributed by atoms with E-state index < -0.39 is 7.60 Å². The van der Waals surface area contributed by atoms with Crippen LogP contribution in [0.5, 0.6) is 0 Å². The average Bonchev–Trinajstić information content (AvgIpc) is 1.88. The Bertz CT molecular complexity index is 164. The van der Waals surface area contributed by atoms with E-state index in [1.54, 1.807) is 13.8 Å². The molecular formula is C6H13O3P. The van der Waals surface area contributed by atoms with Gasteiger partial charge >= 0.3 is 7.60 Å². The maximum atomic E-state index is 11.3. The lowest BCUT2D eigenvalue weighted by atomic mass is 10.8. The fourth-order valence-corrected chi connectivity index (χ4v) is 1.47. The summed E-state index contributed by atoms with van der Waals surface area (Å²) in [5.41, 5.74) is 0. The van der Waals surface area contributed by atoms with E-state index >= 15 is 0 Å². The first-order chi connectivity index (χ1) is 4.56. The lowest BCUT2D eigenvalue weighted by molar-refractivity contribution is 0.251. The molecule has 0 rings (SSSR count). The molecular weight excluding hydrogens is 151 g/mol. The number of hydrogen-bond acceptors (Lipinski definition) is 3. The van der Waals surface area contributed by atoms with Gasteiger partial charge in [-0.1, -0.05) is 6.58 Å². The zero-order valence-corrected chi connectivity index (χ0v) is 7.48. The first-order valence-electron chi connectivity index (χ1n) is 3.03. The summed E-state index contributed by atoms with van der Waals surface area (Å²) in [6.45, 7) is 7.26. The molecule has 0 aliphatic heterocycles. The molecule has 1 unspecified atom stereocenters. The van der Waals surface area contributed by atoms with Crippen molar-refractivity contribution in [2.24, 2.45) is 0 Å². The van der Waals surface area contributed by atoms with Gasteiger partial charge in [0.1, 0.15) is 0 Å². The van der Waals surface area contributed by atoms with E-state index in [4.69, 9.17) is 4.52 Å². The molecule has 0 aromatic rings. The molecule has 4 heteroatoms. The Hall–Kier alpha value is -0.110. The maximum Gasteiger partial charge on any atom is 0.356 e. The number of rotatable bonds is 4. The van der Waals surface area contributed by atoms with Crippen LogP contribution in [0.15, 0.2) is 11.9 Å². The SMILES string of the molecule is C=C(C)P(=O)(OC)OCC. The fraction of sp³-hybridized carbons (Fsp3) is 0.667. The Morgan fingerprint density at radius 3 is 2.30 bits per heavy atom. The summed E-state index contributed by atoms with van der Waals surface area (Å²) in [6.07, 6.45) is 0. The first kappa shape index (κ1) is 9.89. The van der Waals surface area contributed by atoms with Crippen LogP contribution in [0.1, 0.15) is 13.8 Å². The third-order valence-electron chi connectivity index (χ3n) is 1.01. The summed E-state index contributed by atoms with van der Waals surface area (Å²) in [4.78, 5) is 0. The van der Waals surface area contributed by atoms with Crippen LogP contribution in [0, 0.1) is 0 Å². The van der Waals surface area contributed by atoms with Gasteiger partial charge in [0.25, 0.3) is 0 Å². The largest absolute Gasteiger partial charge is 0.356 e. The van der Waals surface area contributed by atoms with E-state index in [0.29, 0.717) is 11.9 Å². The van der Waals surface area contributed by atoms with E-state index in [9.17, 15) is 4.57 Å². The van der Waals surface area contributed by atoms with E-state index in [2.05, 4.69) is 11.1 Å². The molecule has 1 atom stereocenters. The highest BCUT2D eigenvalue weighted by molar-refractivity contribution is 7.58. The van der Waals surface area contributed by atoms with Gasteiger partial charge in [0, 0.05) is 12.4 Å². The summed E-state index contributed by atoms with van der Waals surface area (Å²) in [5.74, 6) is 0. The second-order valence-electron chi connectivity index (χ2n) is 1.83. The van der Waals surface area contributed by atoms with Gasteiger partial charge in [0.2, 0.25) is 0 Å². The molecule has 0 spiro atoms.